The molecule has 0 saturated heterocycles. The average Bonchev–Trinajstić information content (AvgIpc) is 2.07. The minimum Gasteiger partial charge on any atom is -0.549 e. The standard InChI is InChI=1S/C8H14O5/c1-4-5(7(10)11)6(9)8(12-2)13-3/h5,8H,4H2,1-3H3,(H,10,11)/p-1. The summed E-state index contributed by atoms with van der Waals surface area (Å²) in [5.74, 6) is -3.18. The summed E-state index contributed by atoms with van der Waals surface area (Å²) in [5.41, 5.74) is 0. The van der Waals surface area contributed by atoms with Crippen LogP contribution in [0.5, 0.6) is 0 Å². The predicted octanol–water partition coefficient (Wildman–Crippen LogP) is -1.05. The molecule has 0 fully saturated rings. The molecule has 0 N–H and O–H groups in total. The number of hydrogen-bond donors (Lipinski definition) is 0. The van der Waals surface area contributed by atoms with Crippen LogP contribution in [0.15, 0.2) is 0 Å². The molecule has 1 unspecified atom stereocenters. The summed E-state index contributed by atoms with van der Waals surface area (Å²) in [6.45, 7) is 1.58. The van der Waals surface area contributed by atoms with Crippen LogP contribution in [-0.2, 0) is 19.1 Å². The third-order valence-corrected chi connectivity index (χ3v) is 1.70. The van der Waals surface area contributed by atoms with Crippen LogP contribution in [0, 0.1) is 5.92 Å². The van der Waals surface area contributed by atoms with Gasteiger partial charge in [0.2, 0.25) is 6.29 Å². The highest BCUT2D eigenvalue weighted by molar-refractivity contribution is 5.99. The SMILES string of the molecule is CCC(C(=O)[O-])C(=O)C(OC)OC. The van der Waals surface area contributed by atoms with Gasteiger partial charge in [-0.05, 0) is 6.42 Å². The topological polar surface area (TPSA) is 75.7 Å². The summed E-state index contributed by atoms with van der Waals surface area (Å²) >= 11 is 0. The molecule has 0 aromatic heterocycles. The molecule has 0 aliphatic rings. The van der Waals surface area contributed by atoms with E-state index in [4.69, 9.17) is 0 Å². The van der Waals surface area contributed by atoms with Gasteiger partial charge in [0.25, 0.3) is 0 Å². The molecule has 0 aromatic rings. The second-order valence-electron chi connectivity index (χ2n) is 2.49. The van der Waals surface area contributed by atoms with Gasteiger partial charge in [-0.25, -0.2) is 0 Å². The zero-order valence-electron chi connectivity index (χ0n) is 7.90. The normalized spacial score (nSPS) is 12.9. The lowest BCUT2D eigenvalue weighted by atomic mass is 10.0. The summed E-state index contributed by atoms with van der Waals surface area (Å²) in [7, 11) is 2.54. The first-order valence-electron chi connectivity index (χ1n) is 3.88. The molecule has 0 saturated carbocycles. The molecule has 0 radical (unpaired) electrons. The highest BCUT2D eigenvalue weighted by Crippen LogP contribution is 2.08. The van der Waals surface area contributed by atoms with Crippen molar-refractivity contribution >= 4 is 11.8 Å². The van der Waals surface area contributed by atoms with Crippen LogP contribution in [0.1, 0.15) is 13.3 Å². The number of carboxylic acid groups (broad SMARTS) is 1. The van der Waals surface area contributed by atoms with Crippen molar-refractivity contribution in [3.8, 4) is 0 Å². The highest BCUT2D eigenvalue weighted by Gasteiger charge is 2.26. The van der Waals surface area contributed by atoms with Gasteiger partial charge in [0.1, 0.15) is 0 Å². The first-order valence-corrected chi connectivity index (χ1v) is 3.88. The van der Waals surface area contributed by atoms with E-state index in [9.17, 15) is 14.7 Å². The van der Waals surface area contributed by atoms with Gasteiger partial charge in [-0.2, -0.15) is 0 Å². The number of ketones is 1. The molecular weight excluding hydrogens is 176 g/mol. The van der Waals surface area contributed by atoms with Gasteiger partial charge >= 0.3 is 0 Å². The summed E-state index contributed by atoms with van der Waals surface area (Å²) in [6.07, 6.45) is -0.951. The van der Waals surface area contributed by atoms with E-state index < -0.39 is 24.0 Å². The van der Waals surface area contributed by atoms with Crippen molar-refractivity contribution in [3.63, 3.8) is 0 Å². The molecule has 5 heteroatoms. The van der Waals surface area contributed by atoms with Crippen LogP contribution in [0.4, 0.5) is 0 Å². The number of Topliss-reactive ketones (excluding diaryl/α,β-unsaturated/α-hetero) is 1. The maximum Gasteiger partial charge on any atom is 0.217 e. The summed E-state index contributed by atoms with van der Waals surface area (Å²) in [5, 5.41) is 10.5. The monoisotopic (exact) mass is 189 g/mol. The van der Waals surface area contributed by atoms with Gasteiger partial charge in [0, 0.05) is 14.2 Å². The number of carboxylic acids is 1. The average molecular weight is 189 g/mol. The number of hydrogen-bond acceptors (Lipinski definition) is 5. The van der Waals surface area contributed by atoms with E-state index in [0.717, 1.165) is 0 Å². The maximum atomic E-state index is 11.3. The Morgan fingerprint density at radius 2 is 1.77 bits per heavy atom. The largest absolute Gasteiger partial charge is 0.549 e. The quantitative estimate of drug-likeness (QED) is 0.393. The molecule has 0 rings (SSSR count). The molecule has 0 spiro atoms. The Morgan fingerprint density at radius 3 is 2.00 bits per heavy atom. The van der Waals surface area contributed by atoms with E-state index in [1.807, 2.05) is 0 Å². The summed E-state index contributed by atoms with van der Waals surface area (Å²) in [6, 6.07) is 0. The van der Waals surface area contributed by atoms with Crippen molar-refractivity contribution < 1.29 is 24.2 Å². The molecule has 13 heavy (non-hydrogen) atoms. The lowest BCUT2D eigenvalue weighted by Crippen LogP contribution is -2.41. The van der Waals surface area contributed by atoms with Gasteiger partial charge in [0.05, 0.1) is 11.9 Å². The fourth-order valence-corrected chi connectivity index (χ4v) is 0.977. The zero-order chi connectivity index (χ0) is 10.4. The first kappa shape index (κ1) is 12.1. The molecular formula is C8H13O5-. The minimum absolute atomic E-state index is 0.171. The molecule has 5 nitrogen and oxygen atoms in total. The first-order chi connectivity index (χ1) is 6.08. The van der Waals surface area contributed by atoms with Crippen LogP contribution in [0.25, 0.3) is 0 Å². The third kappa shape index (κ3) is 3.12. The fraction of sp³-hybridized carbons (Fsp3) is 0.750. The van der Waals surface area contributed by atoms with Crippen molar-refractivity contribution in [2.45, 2.75) is 19.6 Å². The Labute approximate surface area is 76.6 Å². The van der Waals surface area contributed by atoms with Gasteiger partial charge in [-0.1, -0.05) is 6.92 Å². The van der Waals surface area contributed by atoms with Crippen LogP contribution in [0.3, 0.4) is 0 Å². The van der Waals surface area contributed by atoms with E-state index in [0.29, 0.717) is 0 Å². The molecule has 0 aliphatic heterocycles. The second-order valence-corrected chi connectivity index (χ2v) is 2.49. The lowest BCUT2D eigenvalue weighted by Gasteiger charge is -2.19. The molecule has 0 aromatic carbocycles. The van der Waals surface area contributed by atoms with Gasteiger partial charge in [-0.3, -0.25) is 4.79 Å². The van der Waals surface area contributed by atoms with Crippen molar-refractivity contribution in [1.82, 2.24) is 0 Å². The Bertz CT molecular complexity index is 185. The van der Waals surface area contributed by atoms with Crippen LogP contribution in [0.2, 0.25) is 0 Å². The fourth-order valence-electron chi connectivity index (χ4n) is 0.977. The van der Waals surface area contributed by atoms with Gasteiger partial charge in [0.15, 0.2) is 5.78 Å². The van der Waals surface area contributed by atoms with Gasteiger partial charge < -0.3 is 19.4 Å². The van der Waals surface area contributed by atoms with Crippen molar-refractivity contribution in [2.75, 3.05) is 14.2 Å². The van der Waals surface area contributed by atoms with Crippen molar-refractivity contribution in [1.29, 1.82) is 0 Å². The minimum atomic E-state index is -1.40. The van der Waals surface area contributed by atoms with Crippen LogP contribution in [-0.4, -0.2) is 32.3 Å². The van der Waals surface area contributed by atoms with Crippen molar-refractivity contribution in [2.24, 2.45) is 5.92 Å². The molecule has 0 heterocycles. The molecule has 0 amide bonds. The molecule has 0 aliphatic carbocycles. The van der Waals surface area contributed by atoms with E-state index >= 15 is 0 Å². The molecule has 76 valence electrons. The summed E-state index contributed by atoms with van der Waals surface area (Å²) in [4.78, 5) is 21.8. The highest BCUT2D eigenvalue weighted by atomic mass is 16.7. The number of aliphatic carboxylic acids is 1. The van der Waals surface area contributed by atoms with Crippen molar-refractivity contribution in [3.05, 3.63) is 0 Å². The van der Waals surface area contributed by atoms with Crippen LogP contribution >= 0.6 is 0 Å². The van der Waals surface area contributed by atoms with E-state index in [1.54, 1.807) is 6.92 Å². The Kier molecular flexibility index (Phi) is 5.25. The number of methoxy groups -OCH3 is 2. The van der Waals surface area contributed by atoms with Crippen LogP contribution < -0.4 is 5.11 Å². The Balaban J connectivity index is 4.43. The molecule has 0 bridgehead atoms. The Morgan fingerprint density at radius 1 is 1.31 bits per heavy atom. The van der Waals surface area contributed by atoms with Gasteiger partial charge in [-0.15, -0.1) is 0 Å². The van der Waals surface area contributed by atoms with E-state index in [1.165, 1.54) is 14.2 Å². The summed E-state index contributed by atoms with van der Waals surface area (Å²) < 4.78 is 9.26. The number of rotatable bonds is 6. The Hall–Kier alpha value is -0.940. The number of ether oxygens (including phenoxy) is 2. The van der Waals surface area contributed by atoms with E-state index in [-0.39, 0.29) is 6.42 Å². The zero-order valence-corrected chi connectivity index (χ0v) is 7.90. The number of carbonyl (C=O) groups excluding carboxylic acids is 2. The number of carbonyl (C=O) groups is 2. The predicted molar refractivity (Wildman–Crippen MR) is 41.6 cm³/mol. The second kappa shape index (κ2) is 5.66. The smallest absolute Gasteiger partial charge is 0.217 e. The third-order valence-electron chi connectivity index (χ3n) is 1.70. The van der Waals surface area contributed by atoms with E-state index in [2.05, 4.69) is 9.47 Å². The lowest BCUT2D eigenvalue weighted by molar-refractivity contribution is -0.310. The maximum absolute atomic E-state index is 11.3. The molecule has 1 atom stereocenters.